The van der Waals surface area contributed by atoms with Crippen LogP contribution in [0.2, 0.25) is 0 Å². The van der Waals surface area contributed by atoms with Crippen LogP contribution < -0.4 is 15.9 Å². The first kappa shape index (κ1) is 27.4. The molecule has 11 heteroatoms. The number of amides is 1. The summed E-state index contributed by atoms with van der Waals surface area (Å²) < 4.78 is 42.0. The minimum atomic E-state index is -0.995. The van der Waals surface area contributed by atoms with Crippen LogP contribution >= 0.6 is 0 Å². The second kappa shape index (κ2) is 11.2. The maximum atomic E-state index is 15.4. The van der Waals surface area contributed by atoms with Gasteiger partial charge < -0.3 is 20.1 Å². The van der Waals surface area contributed by atoms with Crippen molar-refractivity contribution >= 4 is 11.9 Å². The molecule has 4 atom stereocenters. The van der Waals surface area contributed by atoms with Crippen LogP contribution in [0.3, 0.4) is 0 Å². The van der Waals surface area contributed by atoms with E-state index in [2.05, 4.69) is 5.10 Å². The number of esters is 1. The predicted molar refractivity (Wildman–Crippen MR) is 141 cm³/mol. The zero-order valence-electron chi connectivity index (χ0n) is 22.1. The Kier molecular flexibility index (Phi) is 7.66. The van der Waals surface area contributed by atoms with Crippen LogP contribution in [0.25, 0.3) is 0 Å². The zero-order valence-corrected chi connectivity index (χ0v) is 22.1. The Morgan fingerprint density at radius 1 is 1.12 bits per heavy atom. The van der Waals surface area contributed by atoms with Crippen molar-refractivity contribution in [3.05, 3.63) is 93.4 Å². The largest absolute Gasteiger partial charge is 0.451 e. The van der Waals surface area contributed by atoms with Crippen molar-refractivity contribution in [2.45, 2.75) is 50.7 Å². The van der Waals surface area contributed by atoms with Gasteiger partial charge in [-0.1, -0.05) is 56.3 Å². The number of hydrogen-bond acceptors (Lipinski definition) is 7. The highest BCUT2D eigenvalue weighted by atomic mass is 19.2. The van der Waals surface area contributed by atoms with Crippen molar-refractivity contribution in [2.24, 2.45) is 11.7 Å². The van der Waals surface area contributed by atoms with E-state index in [0.29, 0.717) is 24.9 Å². The van der Waals surface area contributed by atoms with E-state index in [-0.39, 0.29) is 22.9 Å². The van der Waals surface area contributed by atoms with E-state index in [1.165, 1.54) is 16.8 Å². The number of aromatic nitrogens is 2. The minimum absolute atomic E-state index is 0.0999. The summed E-state index contributed by atoms with van der Waals surface area (Å²) >= 11 is 0. The summed E-state index contributed by atoms with van der Waals surface area (Å²) in [6, 6.07) is 11.0. The second-order valence-electron chi connectivity index (χ2n) is 10.4. The highest BCUT2D eigenvalue weighted by Gasteiger charge is 2.49. The molecule has 2 N–H and O–H groups in total. The van der Waals surface area contributed by atoms with Gasteiger partial charge in [0.1, 0.15) is 6.04 Å². The molecule has 1 saturated heterocycles. The first-order chi connectivity index (χ1) is 19.2. The van der Waals surface area contributed by atoms with E-state index >= 15 is 4.39 Å². The lowest BCUT2D eigenvalue weighted by Crippen LogP contribution is -2.51. The summed E-state index contributed by atoms with van der Waals surface area (Å²) in [4.78, 5) is 40.5. The van der Waals surface area contributed by atoms with Gasteiger partial charge in [0.25, 0.3) is 5.91 Å². The van der Waals surface area contributed by atoms with Crippen LogP contribution in [0.4, 0.5) is 8.78 Å². The molecule has 2 aromatic carbocycles. The molecule has 0 bridgehead atoms. The molecule has 0 spiro atoms. The lowest BCUT2D eigenvalue weighted by Gasteiger charge is -2.42. The van der Waals surface area contributed by atoms with Gasteiger partial charge in [-0.05, 0) is 30.4 Å². The van der Waals surface area contributed by atoms with Crippen LogP contribution in [-0.2, 0) is 9.53 Å². The van der Waals surface area contributed by atoms with E-state index < -0.39 is 59.8 Å². The molecule has 3 aromatic rings. The molecule has 9 nitrogen and oxygen atoms in total. The average molecular weight is 553 g/mol. The molecule has 210 valence electrons. The standard InChI is InChI=1S/C29H30F2N4O5/c1-16(2)24(32)29(38)40-15-39-27-21(36)14-33-35-25(20-12-7-13-34(20)28(37)26(27)35)22(17-8-4-3-5-9-17)18-10-6-11-19(30)23(18)31/h3-6,8-11,14,16,20,22,24-25H,7,12-13,15,32H2,1-2H3/t20-,22?,24?,25-/m1/s1. The molecular weight excluding hydrogens is 522 g/mol. The minimum Gasteiger partial charge on any atom is -0.451 e. The van der Waals surface area contributed by atoms with Gasteiger partial charge in [-0.2, -0.15) is 5.10 Å². The third kappa shape index (κ3) is 4.85. The van der Waals surface area contributed by atoms with Crippen molar-refractivity contribution in [3.8, 4) is 5.75 Å². The first-order valence-electron chi connectivity index (χ1n) is 13.2. The van der Waals surface area contributed by atoms with E-state index in [1.807, 2.05) is 18.2 Å². The van der Waals surface area contributed by atoms with Gasteiger partial charge in [-0.3, -0.25) is 19.1 Å². The fourth-order valence-electron chi connectivity index (χ4n) is 5.57. The van der Waals surface area contributed by atoms with E-state index in [9.17, 15) is 18.8 Å². The Balaban J connectivity index is 1.63. The Bertz CT molecular complexity index is 1480. The molecule has 3 heterocycles. The third-order valence-corrected chi connectivity index (χ3v) is 7.62. The normalized spacial score (nSPS) is 19.6. The summed E-state index contributed by atoms with van der Waals surface area (Å²) in [5.41, 5.74) is 5.78. The second-order valence-corrected chi connectivity index (χ2v) is 10.4. The number of halogens is 2. The highest BCUT2D eigenvalue weighted by molar-refractivity contribution is 5.96. The van der Waals surface area contributed by atoms with Gasteiger partial charge in [-0.25, -0.2) is 8.78 Å². The molecule has 1 amide bonds. The molecule has 0 saturated carbocycles. The van der Waals surface area contributed by atoms with Crippen LogP contribution in [0.1, 0.15) is 60.3 Å². The van der Waals surface area contributed by atoms with E-state index in [1.54, 1.807) is 30.9 Å². The van der Waals surface area contributed by atoms with Gasteiger partial charge >= 0.3 is 5.97 Å². The topological polar surface area (TPSA) is 117 Å². The molecule has 1 aromatic heterocycles. The zero-order chi connectivity index (χ0) is 28.6. The van der Waals surface area contributed by atoms with Gasteiger partial charge in [0.15, 0.2) is 17.3 Å². The number of rotatable bonds is 8. The number of nitrogens with two attached hydrogens (primary N) is 1. The molecule has 0 radical (unpaired) electrons. The number of carbonyl (C=O) groups is 2. The number of hydrogen-bond donors (Lipinski definition) is 1. The highest BCUT2D eigenvalue weighted by Crippen LogP contribution is 2.46. The molecule has 1 fully saturated rings. The fourth-order valence-corrected chi connectivity index (χ4v) is 5.57. The Morgan fingerprint density at radius 2 is 1.88 bits per heavy atom. The molecule has 5 rings (SSSR count). The van der Waals surface area contributed by atoms with Crippen LogP contribution in [-0.4, -0.2) is 52.0 Å². The smallest absolute Gasteiger partial charge is 0.326 e. The molecule has 40 heavy (non-hydrogen) atoms. The van der Waals surface area contributed by atoms with Crippen molar-refractivity contribution in [2.75, 3.05) is 13.3 Å². The summed E-state index contributed by atoms with van der Waals surface area (Å²) in [6.07, 6.45) is 2.29. The maximum absolute atomic E-state index is 15.4. The maximum Gasteiger partial charge on any atom is 0.326 e. The Labute approximate surface area is 229 Å². The molecule has 2 unspecified atom stereocenters. The molecule has 0 aliphatic carbocycles. The number of ether oxygens (including phenoxy) is 2. The average Bonchev–Trinajstić information content (AvgIpc) is 3.44. The van der Waals surface area contributed by atoms with Gasteiger partial charge in [-0.15, -0.1) is 0 Å². The van der Waals surface area contributed by atoms with Crippen molar-refractivity contribution in [1.82, 2.24) is 14.7 Å². The van der Waals surface area contributed by atoms with Crippen molar-refractivity contribution in [3.63, 3.8) is 0 Å². The Hall–Kier alpha value is -4.12. The molecule has 2 aliphatic rings. The molecular formula is C29H30F2N4O5. The predicted octanol–water partition coefficient (Wildman–Crippen LogP) is 3.38. The Morgan fingerprint density at radius 3 is 2.60 bits per heavy atom. The van der Waals surface area contributed by atoms with Gasteiger partial charge in [0.2, 0.25) is 18.0 Å². The fraction of sp³-hybridized carbons (Fsp3) is 0.379. The first-order valence-corrected chi connectivity index (χ1v) is 13.2. The van der Waals surface area contributed by atoms with Gasteiger partial charge in [0.05, 0.1) is 18.3 Å². The number of benzene rings is 2. The van der Waals surface area contributed by atoms with Crippen molar-refractivity contribution < 1.29 is 27.8 Å². The summed E-state index contributed by atoms with van der Waals surface area (Å²) in [5, 5.41) is 4.32. The van der Waals surface area contributed by atoms with E-state index in [0.717, 1.165) is 12.3 Å². The van der Waals surface area contributed by atoms with Crippen LogP contribution in [0, 0.1) is 17.6 Å². The van der Waals surface area contributed by atoms with E-state index in [4.69, 9.17) is 15.2 Å². The number of nitrogens with zero attached hydrogens (tertiary/aromatic N) is 3. The van der Waals surface area contributed by atoms with Crippen molar-refractivity contribution in [1.29, 1.82) is 0 Å². The summed E-state index contributed by atoms with van der Waals surface area (Å²) in [5.74, 6) is -4.47. The van der Waals surface area contributed by atoms with Crippen LogP contribution in [0.15, 0.2) is 59.5 Å². The number of fused-ring (bicyclic) bond motifs is 2. The molecule has 2 aliphatic heterocycles. The SMILES string of the molecule is CC(C)C(N)C(=O)OCOc1c2n(ncc1=O)[C@@H](C(c1ccccc1)c1cccc(F)c1F)[C@H]1CCCN1C2=O. The lowest BCUT2D eigenvalue weighted by molar-refractivity contribution is -0.152. The van der Waals surface area contributed by atoms with Crippen LogP contribution in [0.5, 0.6) is 5.75 Å². The summed E-state index contributed by atoms with van der Waals surface area (Å²) in [6.45, 7) is 3.28. The third-order valence-electron chi connectivity index (χ3n) is 7.62. The monoisotopic (exact) mass is 552 g/mol. The quantitative estimate of drug-likeness (QED) is 0.336. The van der Waals surface area contributed by atoms with Gasteiger partial charge in [0, 0.05) is 18.0 Å². The lowest BCUT2D eigenvalue weighted by atomic mass is 9.79. The number of carbonyl (C=O) groups excluding carboxylic acids is 2. The summed E-state index contributed by atoms with van der Waals surface area (Å²) in [7, 11) is 0.